The monoisotopic (exact) mass is 446 g/mol. The maximum Gasteiger partial charge on any atom is 0.279 e. The van der Waals surface area contributed by atoms with Gasteiger partial charge in [0.05, 0.1) is 25.6 Å². The van der Waals surface area contributed by atoms with Gasteiger partial charge in [0.25, 0.3) is 5.91 Å². The van der Waals surface area contributed by atoms with E-state index in [2.05, 4.69) is 25.8 Å². The van der Waals surface area contributed by atoms with E-state index in [1.165, 1.54) is 0 Å². The fraction of sp³-hybridized carbons (Fsp3) is 0.250. The molecule has 0 aliphatic carbocycles. The van der Waals surface area contributed by atoms with E-state index >= 15 is 0 Å². The van der Waals surface area contributed by atoms with Crippen LogP contribution in [0.1, 0.15) is 33.0 Å². The Balaban J connectivity index is 1.41. The van der Waals surface area contributed by atoms with Gasteiger partial charge < -0.3 is 14.8 Å². The molecule has 2 heterocycles. The van der Waals surface area contributed by atoms with Crippen LogP contribution in [-0.2, 0) is 12.8 Å². The molecule has 0 aliphatic heterocycles. The van der Waals surface area contributed by atoms with Gasteiger partial charge in [0, 0.05) is 17.8 Å². The molecule has 4 aromatic rings. The van der Waals surface area contributed by atoms with Crippen molar-refractivity contribution in [2.75, 3.05) is 19.5 Å². The molecule has 2 aromatic carbocycles. The van der Waals surface area contributed by atoms with Crippen molar-refractivity contribution in [1.29, 1.82) is 0 Å². The average molecular weight is 447 g/mol. The number of nitrogens with one attached hydrogen (secondary N) is 2. The lowest BCUT2D eigenvalue weighted by atomic mass is 10.1. The number of nitrogens with zero attached hydrogens (tertiary/aromatic N) is 4. The number of rotatable bonds is 8. The molecular weight excluding hydrogens is 420 g/mol. The number of anilines is 1. The summed E-state index contributed by atoms with van der Waals surface area (Å²) in [5.41, 5.74) is 4.87. The first-order valence-electron chi connectivity index (χ1n) is 10.5. The molecule has 4 rings (SSSR count). The van der Waals surface area contributed by atoms with Crippen LogP contribution in [-0.4, -0.2) is 45.3 Å². The van der Waals surface area contributed by atoms with Crippen molar-refractivity contribution < 1.29 is 14.3 Å². The second kappa shape index (κ2) is 9.56. The third-order valence-corrected chi connectivity index (χ3v) is 5.35. The number of aromatic amines is 1. The van der Waals surface area contributed by atoms with Crippen LogP contribution in [0.4, 0.5) is 5.82 Å². The van der Waals surface area contributed by atoms with E-state index in [1.54, 1.807) is 18.9 Å². The zero-order chi connectivity index (χ0) is 23.4. The molecule has 170 valence electrons. The minimum Gasteiger partial charge on any atom is -0.497 e. The Hall–Kier alpha value is -4.14. The van der Waals surface area contributed by atoms with Gasteiger partial charge >= 0.3 is 0 Å². The number of H-pyrrole nitrogens is 1. The van der Waals surface area contributed by atoms with Gasteiger partial charge in [0.2, 0.25) is 0 Å². The summed E-state index contributed by atoms with van der Waals surface area (Å²) in [4.78, 5) is 12.8. The predicted molar refractivity (Wildman–Crippen MR) is 124 cm³/mol. The number of amides is 1. The molecule has 0 spiro atoms. The molecule has 0 radical (unpaired) electrons. The highest BCUT2D eigenvalue weighted by Crippen LogP contribution is 2.23. The minimum absolute atomic E-state index is 0.253. The van der Waals surface area contributed by atoms with E-state index in [0.29, 0.717) is 17.9 Å². The third kappa shape index (κ3) is 5.03. The van der Waals surface area contributed by atoms with Crippen LogP contribution in [0.15, 0.2) is 48.5 Å². The number of aromatic nitrogens is 5. The number of ether oxygens (including phenoxy) is 2. The largest absolute Gasteiger partial charge is 0.497 e. The summed E-state index contributed by atoms with van der Waals surface area (Å²) in [5.74, 6) is 1.57. The van der Waals surface area contributed by atoms with Crippen LogP contribution in [0.3, 0.4) is 0 Å². The molecule has 9 heteroatoms. The van der Waals surface area contributed by atoms with Gasteiger partial charge in [-0.2, -0.15) is 5.10 Å². The highest BCUT2D eigenvalue weighted by molar-refractivity contribution is 6.03. The van der Waals surface area contributed by atoms with Gasteiger partial charge in [0.1, 0.15) is 11.5 Å². The van der Waals surface area contributed by atoms with E-state index in [1.807, 2.05) is 62.4 Å². The molecule has 1 amide bonds. The topological polar surface area (TPSA) is 107 Å². The molecule has 0 aliphatic rings. The Morgan fingerprint density at radius 2 is 1.70 bits per heavy atom. The first-order valence-corrected chi connectivity index (χ1v) is 10.5. The number of benzene rings is 2. The molecule has 0 atom stereocenters. The number of methoxy groups -OCH3 is 2. The summed E-state index contributed by atoms with van der Waals surface area (Å²) in [6.45, 7) is 3.83. The molecule has 0 fully saturated rings. The molecule has 0 saturated heterocycles. The molecule has 0 bridgehead atoms. The van der Waals surface area contributed by atoms with Crippen LogP contribution >= 0.6 is 0 Å². The van der Waals surface area contributed by atoms with E-state index in [-0.39, 0.29) is 11.6 Å². The van der Waals surface area contributed by atoms with E-state index in [9.17, 15) is 4.79 Å². The van der Waals surface area contributed by atoms with Crippen LogP contribution in [0, 0.1) is 13.8 Å². The molecule has 0 saturated carbocycles. The van der Waals surface area contributed by atoms with Gasteiger partial charge in [-0.1, -0.05) is 22.9 Å². The summed E-state index contributed by atoms with van der Waals surface area (Å²) >= 11 is 0. The Morgan fingerprint density at radius 3 is 2.36 bits per heavy atom. The number of carbonyl (C=O) groups excluding carboxylic acids is 1. The Bertz CT molecular complexity index is 1240. The zero-order valence-corrected chi connectivity index (χ0v) is 19.0. The maximum absolute atomic E-state index is 12.8. The fourth-order valence-electron chi connectivity index (χ4n) is 3.49. The SMILES string of the molecule is COc1cc(CCc2cc(NC(=O)c3nnn(-c4ccc(C)cc4)c3C)n[nH]2)cc(OC)c1. The summed E-state index contributed by atoms with van der Waals surface area (Å²) in [6, 6.07) is 15.5. The number of hydrogen-bond donors (Lipinski definition) is 2. The van der Waals surface area contributed by atoms with Gasteiger partial charge in [-0.25, -0.2) is 4.68 Å². The molecule has 33 heavy (non-hydrogen) atoms. The molecule has 2 aromatic heterocycles. The Morgan fingerprint density at radius 1 is 1.00 bits per heavy atom. The van der Waals surface area contributed by atoms with Gasteiger partial charge in [0.15, 0.2) is 11.5 Å². The smallest absolute Gasteiger partial charge is 0.279 e. The third-order valence-electron chi connectivity index (χ3n) is 5.35. The standard InChI is InChI=1S/C24H26N6O3/c1-15-5-9-19(10-6-15)30-16(2)23(28-29-30)24(31)25-22-13-18(26-27-22)8-7-17-11-20(32-3)14-21(12-17)33-4/h5-6,9-14H,7-8H2,1-4H3,(H2,25,26,27,31). The van der Waals surface area contributed by atoms with E-state index in [0.717, 1.165) is 40.4 Å². The molecule has 2 N–H and O–H groups in total. The van der Waals surface area contributed by atoms with Gasteiger partial charge in [-0.05, 0) is 56.5 Å². The summed E-state index contributed by atoms with van der Waals surface area (Å²) < 4.78 is 12.3. The Kier molecular flexibility index (Phi) is 6.39. The van der Waals surface area contributed by atoms with Crippen molar-refractivity contribution >= 4 is 11.7 Å². The van der Waals surface area contributed by atoms with E-state index in [4.69, 9.17) is 9.47 Å². The van der Waals surface area contributed by atoms with Crippen molar-refractivity contribution in [3.8, 4) is 17.2 Å². The summed E-state index contributed by atoms with van der Waals surface area (Å²) in [6.07, 6.45) is 1.47. The lowest BCUT2D eigenvalue weighted by Crippen LogP contribution is -2.14. The fourth-order valence-corrected chi connectivity index (χ4v) is 3.49. The second-order valence-electron chi connectivity index (χ2n) is 7.72. The first-order chi connectivity index (χ1) is 16.0. The van der Waals surface area contributed by atoms with Crippen LogP contribution in [0.25, 0.3) is 5.69 Å². The zero-order valence-electron chi connectivity index (χ0n) is 19.0. The molecule has 9 nitrogen and oxygen atoms in total. The average Bonchev–Trinajstić information content (AvgIpc) is 3.44. The molecule has 0 unspecified atom stereocenters. The van der Waals surface area contributed by atoms with Crippen molar-refractivity contribution in [1.82, 2.24) is 25.2 Å². The van der Waals surface area contributed by atoms with Crippen LogP contribution < -0.4 is 14.8 Å². The van der Waals surface area contributed by atoms with E-state index < -0.39 is 0 Å². The van der Waals surface area contributed by atoms with Crippen molar-refractivity contribution in [2.45, 2.75) is 26.7 Å². The highest BCUT2D eigenvalue weighted by Gasteiger charge is 2.18. The van der Waals surface area contributed by atoms with Crippen molar-refractivity contribution in [3.05, 3.63) is 76.7 Å². The summed E-state index contributed by atoms with van der Waals surface area (Å²) in [5, 5.41) is 18.2. The van der Waals surface area contributed by atoms with Crippen molar-refractivity contribution in [2.24, 2.45) is 0 Å². The lowest BCUT2D eigenvalue weighted by Gasteiger charge is -2.08. The number of aryl methyl sites for hydroxylation is 3. The maximum atomic E-state index is 12.8. The molecular formula is C24H26N6O3. The number of carbonyl (C=O) groups is 1. The number of hydrogen-bond acceptors (Lipinski definition) is 6. The highest BCUT2D eigenvalue weighted by atomic mass is 16.5. The van der Waals surface area contributed by atoms with Crippen molar-refractivity contribution in [3.63, 3.8) is 0 Å². The second-order valence-corrected chi connectivity index (χ2v) is 7.72. The summed E-state index contributed by atoms with van der Waals surface area (Å²) in [7, 11) is 3.26. The normalized spacial score (nSPS) is 10.8. The lowest BCUT2D eigenvalue weighted by molar-refractivity contribution is 0.102. The van der Waals surface area contributed by atoms with Gasteiger partial charge in [-0.3, -0.25) is 9.89 Å². The van der Waals surface area contributed by atoms with Crippen LogP contribution in [0.2, 0.25) is 0 Å². The quantitative estimate of drug-likeness (QED) is 0.428. The van der Waals surface area contributed by atoms with Gasteiger partial charge in [-0.15, -0.1) is 5.10 Å². The first kappa shape index (κ1) is 22.1. The van der Waals surface area contributed by atoms with Crippen LogP contribution in [0.5, 0.6) is 11.5 Å². The minimum atomic E-state index is -0.360. The Labute approximate surface area is 191 Å². The predicted octanol–water partition coefficient (Wildman–Crippen LogP) is 3.66.